The van der Waals surface area contributed by atoms with E-state index in [1.165, 1.54) is 35.0 Å². The molecule has 4 aromatic rings. The summed E-state index contributed by atoms with van der Waals surface area (Å²) in [6, 6.07) is 20.2. The number of rotatable bonds is 4. The Bertz CT molecular complexity index is 1370. The molecular formula is C22H14ClCuFIN5OS. The maximum atomic E-state index is 13.4. The zero-order valence-corrected chi connectivity index (χ0v) is 21.2. The SMILES string of the molecule is O=c1c2cc(I)ccc2nc(/C=N/NC([S-])=Nc2ccccc2)n1-c1ccc(F)cc1.[Cl][Cu+]. The summed E-state index contributed by atoms with van der Waals surface area (Å²) < 4.78 is 15.7. The van der Waals surface area contributed by atoms with Gasteiger partial charge in [0.25, 0.3) is 5.56 Å². The molecule has 6 nitrogen and oxygen atoms in total. The molecule has 4 rings (SSSR count). The molecule has 0 bridgehead atoms. The van der Waals surface area contributed by atoms with Crippen molar-refractivity contribution in [3.05, 3.63) is 98.4 Å². The van der Waals surface area contributed by atoms with Gasteiger partial charge in [-0.1, -0.05) is 18.2 Å². The Kier molecular flexibility index (Phi) is 9.33. The van der Waals surface area contributed by atoms with Crippen LogP contribution in [0.4, 0.5) is 10.1 Å². The number of aliphatic imine (C=N–C) groups is 1. The van der Waals surface area contributed by atoms with E-state index in [0.29, 0.717) is 22.3 Å². The molecule has 3 aromatic carbocycles. The topological polar surface area (TPSA) is 71.6 Å². The van der Waals surface area contributed by atoms with Gasteiger partial charge in [-0.3, -0.25) is 19.8 Å². The van der Waals surface area contributed by atoms with Crippen LogP contribution in [0.25, 0.3) is 16.6 Å². The molecule has 0 aliphatic rings. The minimum absolute atomic E-state index is 0.161. The quantitative estimate of drug-likeness (QED) is 0.0854. The standard InChI is InChI=1S/C22H15FIN5OS.ClH.Cu/c23-14-6-9-17(10-7-14)29-20(27-19-11-8-15(24)12-18(19)21(29)30)13-25-28-22(31)26-16-4-2-1-3-5-16;;/h1-13H,(H2,26,28,31);1H;/q;;+2/p-2/b25-13+;;. The second kappa shape index (κ2) is 12.2. The Labute approximate surface area is 220 Å². The second-order valence-corrected chi connectivity index (χ2v) is 8.00. The van der Waals surface area contributed by atoms with Gasteiger partial charge in [-0.15, -0.1) is 0 Å². The Morgan fingerprint density at radius 2 is 1.82 bits per heavy atom. The van der Waals surface area contributed by atoms with Crippen LogP contribution in [0.15, 0.2) is 87.7 Å². The average molecular weight is 641 g/mol. The summed E-state index contributed by atoms with van der Waals surface area (Å²) >= 11 is 11.0. The number of hydrogen-bond acceptors (Lipinski definition) is 5. The molecule has 0 fully saturated rings. The van der Waals surface area contributed by atoms with Gasteiger partial charge < -0.3 is 12.6 Å². The predicted molar refractivity (Wildman–Crippen MR) is 137 cm³/mol. The van der Waals surface area contributed by atoms with E-state index in [4.69, 9.17) is 12.6 Å². The van der Waals surface area contributed by atoms with Gasteiger partial charge in [0.1, 0.15) is 5.82 Å². The van der Waals surface area contributed by atoms with E-state index in [0.717, 1.165) is 3.57 Å². The van der Waals surface area contributed by atoms with Crippen molar-refractivity contribution < 1.29 is 19.5 Å². The first-order valence-electron chi connectivity index (χ1n) is 9.21. The van der Waals surface area contributed by atoms with Crippen molar-refractivity contribution in [3.8, 4) is 5.69 Å². The van der Waals surface area contributed by atoms with E-state index in [9.17, 15) is 9.18 Å². The first-order valence-corrected chi connectivity index (χ1v) is 12.0. The summed E-state index contributed by atoms with van der Waals surface area (Å²) in [4.78, 5) is 22.0. The number of hydrazone groups is 1. The summed E-state index contributed by atoms with van der Waals surface area (Å²) in [5.74, 6) is -0.134. The average Bonchev–Trinajstić information content (AvgIpc) is 2.83. The predicted octanol–water partition coefficient (Wildman–Crippen LogP) is 4.97. The van der Waals surface area contributed by atoms with Gasteiger partial charge in [-0.2, -0.15) is 5.10 Å². The molecule has 171 valence electrons. The van der Waals surface area contributed by atoms with Gasteiger partial charge in [0, 0.05) is 8.74 Å². The number of nitrogens with zero attached hydrogens (tertiary/aromatic N) is 4. The van der Waals surface area contributed by atoms with E-state index in [2.05, 4.69) is 68.3 Å². The zero-order valence-electron chi connectivity index (χ0n) is 16.5. The van der Waals surface area contributed by atoms with Crippen molar-refractivity contribution in [2.45, 2.75) is 0 Å². The van der Waals surface area contributed by atoms with Crippen LogP contribution in [-0.2, 0) is 27.7 Å². The van der Waals surface area contributed by atoms with Crippen LogP contribution in [0, 0.1) is 9.39 Å². The van der Waals surface area contributed by atoms with E-state index < -0.39 is 5.82 Å². The van der Waals surface area contributed by atoms with E-state index in [1.54, 1.807) is 12.1 Å². The number of aromatic nitrogens is 2. The molecule has 0 unspecified atom stereocenters. The van der Waals surface area contributed by atoms with Crippen molar-refractivity contribution in [3.63, 3.8) is 0 Å². The molecule has 0 aliphatic carbocycles. The summed E-state index contributed by atoms with van der Waals surface area (Å²) in [5, 5.41) is 4.71. The van der Waals surface area contributed by atoms with E-state index >= 15 is 0 Å². The Balaban J connectivity index is 0.00000149. The molecule has 0 saturated heterocycles. The number of hydrogen-bond donors (Lipinski definition) is 1. The van der Waals surface area contributed by atoms with E-state index in [-0.39, 0.29) is 16.6 Å². The Hall–Kier alpha value is -2.37. The van der Waals surface area contributed by atoms with Crippen molar-refractivity contribution >= 4 is 73.3 Å². The minimum atomic E-state index is -0.398. The van der Waals surface area contributed by atoms with Gasteiger partial charge >= 0.3 is 25.2 Å². The number of benzene rings is 3. The molecule has 33 heavy (non-hydrogen) atoms. The van der Waals surface area contributed by atoms with Crippen LogP contribution in [-0.4, -0.2) is 20.9 Å². The van der Waals surface area contributed by atoms with Gasteiger partial charge in [0.05, 0.1) is 28.5 Å². The van der Waals surface area contributed by atoms with Gasteiger partial charge in [-0.25, -0.2) is 9.37 Å². The third-order valence-corrected chi connectivity index (χ3v) is 5.12. The first-order chi connectivity index (χ1) is 16.0. The molecule has 0 spiro atoms. The van der Waals surface area contributed by atoms with Gasteiger partial charge in [0.2, 0.25) is 0 Å². The molecule has 1 heterocycles. The van der Waals surface area contributed by atoms with Crippen molar-refractivity contribution in [2.24, 2.45) is 10.1 Å². The number of halogens is 3. The first kappa shape index (κ1) is 25.3. The molecule has 0 amide bonds. The molecule has 11 heteroatoms. The Morgan fingerprint density at radius 3 is 2.52 bits per heavy atom. The molecule has 0 radical (unpaired) electrons. The van der Waals surface area contributed by atoms with Crippen LogP contribution >= 0.6 is 32.7 Å². The second-order valence-electron chi connectivity index (χ2n) is 6.37. The van der Waals surface area contributed by atoms with Gasteiger partial charge in [-0.05, 0) is 77.2 Å². The zero-order chi connectivity index (χ0) is 23.8. The summed E-state index contributed by atoms with van der Waals surface area (Å²) in [5.41, 5.74) is 4.07. The summed E-state index contributed by atoms with van der Waals surface area (Å²) in [6.45, 7) is 0. The summed E-state index contributed by atoms with van der Waals surface area (Å²) in [7, 11) is 4.20. The molecule has 1 aromatic heterocycles. The fourth-order valence-corrected chi connectivity index (χ4v) is 3.54. The monoisotopic (exact) mass is 640 g/mol. The van der Waals surface area contributed by atoms with Crippen molar-refractivity contribution in [2.75, 3.05) is 0 Å². The molecule has 0 aliphatic heterocycles. The third kappa shape index (κ3) is 6.58. The van der Waals surface area contributed by atoms with Crippen LogP contribution in [0.1, 0.15) is 5.82 Å². The summed E-state index contributed by atoms with van der Waals surface area (Å²) in [6.07, 6.45) is 1.38. The van der Waals surface area contributed by atoms with Gasteiger partial charge in [0.15, 0.2) is 5.82 Å². The fourth-order valence-electron chi connectivity index (χ4n) is 2.89. The van der Waals surface area contributed by atoms with Crippen LogP contribution < -0.4 is 11.0 Å². The van der Waals surface area contributed by atoms with Crippen molar-refractivity contribution in [1.29, 1.82) is 0 Å². The third-order valence-electron chi connectivity index (χ3n) is 4.27. The molecular weight excluding hydrogens is 627 g/mol. The van der Waals surface area contributed by atoms with E-state index in [1.807, 2.05) is 36.4 Å². The Morgan fingerprint density at radius 1 is 1.12 bits per heavy atom. The van der Waals surface area contributed by atoms with Crippen LogP contribution in [0.5, 0.6) is 0 Å². The molecule has 0 atom stereocenters. The molecule has 1 N–H and O–H groups in total. The van der Waals surface area contributed by atoms with Crippen LogP contribution in [0.3, 0.4) is 0 Å². The number of para-hydroxylation sites is 1. The number of nitrogens with one attached hydrogen (secondary N) is 1. The molecule has 0 saturated carbocycles. The van der Waals surface area contributed by atoms with Crippen LogP contribution in [0.2, 0.25) is 0 Å². The maximum absolute atomic E-state index is 13.4. The van der Waals surface area contributed by atoms with Crippen molar-refractivity contribution in [1.82, 2.24) is 15.0 Å². The normalized spacial score (nSPS) is 11.4. The number of amidine groups is 1. The fraction of sp³-hybridized carbons (Fsp3) is 0. The number of fused-ring (bicyclic) bond motifs is 1.